The largest absolute Gasteiger partial charge is 0.508 e. The monoisotopic (exact) mass is 536 g/mol. The van der Waals surface area contributed by atoms with Gasteiger partial charge in [0, 0.05) is 31.5 Å². The van der Waals surface area contributed by atoms with E-state index in [-0.39, 0.29) is 56.9 Å². The fourth-order valence-electron chi connectivity index (χ4n) is 4.35. The molecule has 4 rings (SSSR count). The number of rotatable bonds is 11. The highest BCUT2D eigenvalue weighted by Gasteiger charge is 2.42. The van der Waals surface area contributed by atoms with Gasteiger partial charge in [0.1, 0.15) is 30.9 Å². The number of amides is 2. The molecule has 1 saturated heterocycles. The summed E-state index contributed by atoms with van der Waals surface area (Å²) in [4.78, 5) is 37.3. The Morgan fingerprint density at radius 1 is 1.03 bits per heavy atom. The van der Waals surface area contributed by atoms with Crippen LogP contribution in [0.2, 0.25) is 0 Å². The number of carbonyl (C=O) groups is 3. The van der Waals surface area contributed by atoms with Crippen LogP contribution in [-0.4, -0.2) is 72.8 Å². The molecule has 10 heteroatoms. The molecule has 39 heavy (non-hydrogen) atoms. The molecule has 1 heterocycles. The van der Waals surface area contributed by atoms with E-state index in [2.05, 4.69) is 10.6 Å². The highest BCUT2D eigenvalue weighted by molar-refractivity contribution is 5.94. The second-order valence-electron chi connectivity index (χ2n) is 9.16. The number of ether oxygens (including phenoxy) is 3. The Labute approximate surface area is 226 Å². The average Bonchev–Trinajstić information content (AvgIpc) is 3.42. The Morgan fingerprint density at radius 2 is 1.82 bits per heavy atom. The van der Waals surface area contributed by atoms with Gasteiger partial charge in [-0.1, -0.05) is 42.5 Å². The van der Waals surface area contributed by atoms with E-state index in [4.69, 9.17) is 19.3 Å². The quantitative estimate of drug-likeness (QED) is 0.319. The molecule has 1 aliphatic heterocycles. The maximum atomic E-state index is 12.9. The van der Waals surface area contributed by atoms with Crippen molar-refractivity contribution in [1.29, 1.82) is 0 Å². The molecule has 4 N–H and O–H groups in total. The van der Waals surface area contributed by atoms with E-state index in [9.17, 15) is 19.5 Å². The van der Waals surface area contributed by atoms with Gasteiger partial charge in [0.15, 0.2) is 0 Å². The van der Waals surface area contributed by atoms with Crippen molar-refractivity contribution >= 4 is 23.9 Å². The van der Waals surface area contributed by atoms with Gasteiger partial charge in [-0.15, -0.1) is 0 Å². The first-order valence-electron chi connectivity index (χ1n) is 12.8. The zero-order valence-corrected chi connectivity index (χ0v) is 21.4. The Kier molecular flexibility index (Phi) is 9.85. The standard InChI is InChI=1S/C29H32N2O8/c32-15-14-30-26(34)12-13-31-28(35)22-16-24-27(38-18-37-24)25(17-22)39-29(36)21-10-8-19(9-11-21)4-3-6-20-5-1-2-7-23(20)33/h1-5,7-11,16,24-25,27,32-33H,6,12-15,17-18H2,(H,30,34)(H,31,35)/t24-,25-,27-/m1/s1. The van der Waals surface area contributed by atoms with Crippen LogP contribution in [-0.2, 0) is 30.2 Å². The van der Waals surface area contributed by atoms with E-state index in [0.717, 1.165) is 11.1 Å². The molecule has 0 aromatic heterocycles. The maximum absolute atomic E-state index is 12.9. The molecule has 2 aromatic rings. The van der Waals surface area contributed by atoms with Gasteiger partial charge in [0.05, 0.1) is 12.2 Å². The van der Waals surface area contributed by atoms with Crippen LogP contribution in [0.5, 0.6) is 5.75 Å². The molecule has 3 atom stereocenters. The van der Waals surface area contributed by atoms with Gasteiger partial charge in [-0.3, -0.25) is 9.59 Å². The van der Waals surface area contributed by atoms with E-state index in [0.29, 0.717) is 17.6 Å². The van der Waals surface area contributed by atoms with Crippen molar-refractivity contribution in [2.24, 2.45) is 0 Å². The number of carbonyl (C=O) groups excluding carboxylic acids is 3. The number of phenolic OH excluding ortho intramolecular Hbond substituents is 1. The summed E-state index contributed by atoms with van der Waals surface area (Å²) in [5.74, 6) is -0.946. The number of aliphatic hydroxyl groups excluding tert-OH is 1. The van der Waals surface area contributed by atoms with Crippen molar-refractivity contribution in [2.75, 3.05) is 26.5 Å². The van der Waals surface area contributed by atoms with E-state index >= 15 is 0 Å². The lowest BCUT2D eigenvalue weighted by Gasteiger charge is -2.30. The van der Waals surface area contributed by atoms with Crippen molar-refractivity contribution < 1.29 is 38.8 Å². The minimum absolute atomic E-state index is 0.0294. The second-order valence-corrected chi connectivity index (χ2v) is 9.16. The molecule has 1 fully saturated rings. The van der Waals surface area contributed by atoms with Crippen molar-refractivity contribution in [3.8, 4) is 5.75 Å². The third-order valence-corrected chi connectivity index (χ3v) is 6.41. The highest BCUT2D eigenvalue weighted by atomic mass is 16.7. The Bertz CT molecular complexity index is 1220. The lowest BCUT2D eigenvalue weighted by Crippen LogP contribution is -2.43. The topological polar surface area (TPSA) is 143 Å². The maximum Gasteiger partial charge on any atom is 0.338 e. The van der Waals surface area contributed by atoms with Crippen LogP contribution in [0.1, 0.15) is 34.3 Å². The molecule has 0 unspecified atom stereocenters. The summed E-state index contributed by atoms with van der Waals surface area (Å²) in [5, 5.41) is 23.9. The number of fused-ring (bicyclic) bond motifs is 1. The summed E-state index contributed by atoms with van der Waals surface area (Å²) in [6.07, 6.45) is 4.53. The van der Waals surface area contributed by atoms with Gasteiger partial charge in [-0.2, -0.15) is 0 Å². The van der Waals surface area contributed by atoms with Crippen molar-refractivity contribution in [3.05, 3.63) is 82.9 Å². The molecular formula is C29H32N2O8. The molecule has 2 amide bonds. The van der Waals surface area contributed by atoms with Gasteiger partial charge in [0.2, 0.25) is 11.8 Å². The van der Waals surface area contributed by atoms with Gasteiger partial charge in [-0.25, -0.2) is 4.79 Å². The lowest BCUT2D eigenvalue weighted by atomic mass is 9.91. The number of aromatic hydroxyl groups is 1. The van der Waals surface area contributed by atoms with Crippen molar-refractivity contribution in [2.45, 2.75) is 37.6 Å². The van der Waals surface area contributed by atoms with Crippen LogP contribution in [0, 0.1) is 0 Å². The Morgan fingerprint density at radius 3 is 2.59 bits per heavy atom. The van der Waals surface area contributed by atoms with Crippen LogP contribution in [0.15, 0.2) is 66.3 Å². The van der Waals surface area contributed by atoms with Gasteiger partial charge in [-0.05, 0) is 41.8 Å². The third kappa shape index (κ3) is 7.76. The molecule has 1 aliphatic carbocycles. The predicted octanol–water partition coefficient (Wildman–Crippen LogP) is 1.86. The number of para-hydroxylation sites is 1. The van der Waals surface area contributed by atoms with Crippen LogP contribution in [0.3, 0.4) is 0 Å². The molecule has 2 aliphatic rings. The average molecular weight is 537 g/mol. The van der Waals surface area contributed by atoms with Gasteiger partial charge in [0.25, 0.3) is 0 Å². The van der Waals surface area contributed by atoms with E-state index in [1.54, 1.807) is 42.5 Å². The highest BCUT2D eigenvalue weighted by Crippen LogP contribution is 2.30. The Hall–Kier alpha value is -3.99. The van der Waals surface area contributed by atoms with Crippen LogP contribution in [0.4, 0.5) is 0 Å². The number of nitrogens with one attached hydrogen (secondary N) is 2. The third-order valence-electron chi connectivity index (χ3n) is 6.41. The normalized spacial score (nSPS) is 20.2. The minimum atomic E-state index is -0.721. The van der Waals surface area contributed by atoms with Crippen LogP contribution >= 0.6 is 0 Å². The number of benzene rings is 2. The van der Waals surface area contributed by atoms with Crippen molar-refractivity contribution in [1.82, 2.24) is 10.6 Å². The Balaban J connectivity index is 1.31. The zero-order valence-electron chi connectivity index (χ0n) is 21.4. The summed E-state index contributed by atoms with van der Waals surface area (Å²) in [6, 6.07) is 14.1. The smallest absolute Gasteiger partial charge is 0.338 e. The number of aliphatic hydroxyl groups is 1. The fourth-order valence-corrected chi connectivity index (χ4v) is 4.35. The summed E-state index contributed by atoms with van der Waals surface area (Å²) in [7, 11) is 0. The molecular weight excluding hydrogens is 504 g/mol. The molecule has 0 radical (unpaired) electrons. The molecule has 10 nitrogen and oxygen atoms in total. The summed E-state index contributed by atoms with van der Waals surface area (Å²) in [5.41, 5.74) is 2.46. The molecule has 0 spiro atoms. The number of phenols is 1. The molecule has 0 saturated carbocycles. The van der Waals surface area contributed by atoms with E-state index < -0.39 is 24.3 Å². The van der Waals surface area contributed by atoms with Gasteiger partial charge < -0.3 is 35.1 Å². The molecule has 0 bridgehead atoms. The first kappa shape index (κ1) is 28.0. The number of hydrogen-bond acceptors (Lipinski definition) is 8. The minimum Gasteiger partial charge on any atom is -0.508 e. The van der Waals surface area contributed by atoms with E-state index in [1.165, 1.54) is 0 Å². The summed E-state index contributed by atoms with van der Waals surface area (Å²) >= 11 is 0. The number of esters is 1. The number of hydrogen-bond donors (Lipinski definition) is 4. The van der Waals surface area contributed by atoms with E-state index in [1.807, 2.05) is 24.3 Å². The fraction of sp³-hybridized carbons (Fsp3) is 0.345. The summed E-state index contributed by atoms with van der Waals surface area (Å²) in [6.45, 7) is 0.153. The molecule has 206 valence electrons. The summed E-state index contributed by atoms with van der Waals surface area (Å²) < 4.78 is 16.9. The van der Waals surface area contributed by atoms with Crippen molar-refractivity contribution in [3.63, 3.8) is 0 Å². The lowest BCUT2D eigenvalue weighted by molar-refractivity contribution is -0.121. The predicted molar refractivity (Wildman–Crippen MR) is 142 cm³/mol. The second kappa shape index (κ2) is 13.7. The van der Waals surface area contributed by atoms with Gasteiger partial charge >= 0.3 is 5.97 Å². The SMILES string of the molecule is O=C(CCNC(=O)C1=C[C@H]2OCO[C@H]2[C@H](OC(=O)c2ccc(C=CCc3ccccc3O)cc2)C1)NCCO. The van der Waals surface area contributed by atoms with Crippen LogP contribution < -0.4 is 10.6 Å². The first-order chi connectivity index (χ1) is 18.9. The van der Waals surface area contributed by atoms with Crippen LogP contribution in [0.25, 0.3) is 6.08 Å². The zero-order chi connectivity index (χ0) is 27.6. The number of allylic oxidation sites excluding steroid dienone is 1. The first-order valence-corrected chi connectivity index (χ1v) is 12.8. The molecule has 2 aromatic carbocycles.